The van der Waals surface area contributed by atoms with E-state index in [1.165, 1.54) is 12.3 Å². The minimum atomic E-state index is -0.437. The van der Waals surface area contributed by atoms with Crippen LogP contribution in [-0.4, -0.2) is 21.8 Å². The van der Waals surface area contributed by atoms with Gasteiger partial charge in [-0.05, 0) is 24.5 Å². The van der Waals surface area contributed by atoms with Gasteiger partial charge in [-0.2, -0.15) is 0 Å². The second kappa shape index (κ2) is 7.53. The van der Waals surface area contributed by atoms with Crippen molar-refractivity contribution in [3.8, 4) is 0 Å². The molecule has 1 aromatic heterocycles. The third kappa shape index (κ3) is 3.59. The predicted molar refractivity (Wildman–Crippen MR) is 99.8 cm³/mol. The standard InChI is InChI=1S/C20H19ClN2O2/c1-2-7-16-10-6-11-18(14-8-4-3-5-9-14)23(16)20(25)17-12-15(21)13-22-19(17)24/h2-6,8-9,11-13,16,18H,1,7,10H2,(H,22,24)/t16-,18+/m1/s1. The number of hydrogen-bond acceptors (Lipinski definition) is 2. The van der Waals surface area contributed by atoms with Crippen molar-refractivity contribution in [1.82, 2.24) is 9.88 Å². The third-order valence-corrected chi connectivity index (χ3v) is 4.55. The number of halogens is 1. The van der Waals surface area contributed by atoms with E-state index < -0.39 is 5.56 Å². The molecule has 2 atom stereocenters. The lowest BCUT2D eigenvalue weighted by molar-refractivity contribution is 0.0601. The van der Waals surface area contributed by atoms with E-state index >= 15 is 0 Å². The number of aromatic nitrogens is 1. The van der Waals surface area contributed by atoms with Crippen LogP contribution >= 0.6 is 11.6 Å². The van der Waals surface area contributed by atoms with E-state index in [4.69, 9.17) is 11.6 Å². The van der Waals surface area contributed by atoms with E-state index in [1.807, 2.05) is 36.4 Å². The SMILES string of the molecule is C=CC[C@@H]1CC=C[C@@H](c2ccccc2)N1C(=O)c1cc(Cl)c[nH]c1=O. The van der Waals surface area contributed by atoms with Gasteiger partial charge >= 0.3 is 0 Å². The quantitative estimate of drug-likeness (QED) is 0.840. The molecule has 0 radical (unpaired) electrons. The molecular weight excluding hydrogens is 336 g/mol. The highest BCUT2D eigenvalue weighted by Crippen LogP contribution is 2.32. The molecule has 0 unspecified atom stereocenters. The zero-order chi connectivity index (χ0) is 17.8. The summed E-state index contributed by atoms with van der Waals surface area (Å²) in [7, 11) is 0. The van der Waals surface area contributed by atoms with Gasteiger partial charge in [0.15, 0.2) is 0 Å². The largest absolute Gasteiger partial charge is 0.327 e. The number of amides is 1. The van der Waals surface area contributed by atoms with Crippen molar-refractivity contribution in [3.63, 3.8) is 0 Å². The summed E-state index contributed by atoms with van der Waals surface area (Å²) in [6.07, 6.45) is 8.64. The molecule has 0 aliphatic carbocycles. The summed E-state index contributed by atoms with van der Waals surface area (Å²) in [4.78, 5) is 29.7. The van der Waals surface area contributed by atoms with Crippen LogP contribution < -0.4 is 5.56 Å². The molecule has 128 valence electrons. The summed E-state index contributed by atoms with van der Waals surface area (Å²) in [6.45, 7) is 3.80. The lowest BCUT2D eigenvalue weighted by Crippen LogP contribution is -2.45. The molecule has 2 heterocycles. The van der Waals surface area contributed by atoms with Crippen molar-refractivity contribution < 1.29 is 4.79 Å². The number of carbonyl (C=O) groups excluding carboxylic acids is 1. The van der Waals surface area contributed by atoms with E-state index in [0.29, 0.717) is 11.4 Å². The Kier molecular flexibility index (Phi) is 5.19. The number of rotatable bonds is 4. The normalized spacial score (nSPS) is 19.6. The maximum absolute atomic E-state index is 13.2. The highest BCUT2D eigenvalue weighted by Gasteiger charge is 2.33. The molecule has 5 heteroatoms. The molecule has 2 aromatic rings. The van der Waals surface area contributed by atoms with Crippen molar-refractivity contribution in [2.24, 2.45) is 0 Å². The second-order valence-electron chi connectivity index (χ2n) is 5.97. The number of hydrogen-bond donors (Lipinski definition) is 1. The molecule has 4 nitrogen and oxygen atoms in total. The minimum Gasteiger partial charge on any atom is -0.327 e. The summed E-state index contributed by atoms with van der Waals surface area (Å²) in [5.74, 6) is -0.325. The van der Waals surface area contributed by atoms with Gasteiger partial charge in [0, 0.05) is 12.2 Å². The van der Waals surface area contributed by atoms with Gasteiger partial charge in [0.1, 0.15) is 5.56 Å². The predicted octanol–water partition coefficient (Wildman–Crippen LogP) is 4.12. The minimum absolute atomic E-state index is 0.0535. The van der Waals surface area contributed by atoms with Crippen LogP contribution in [0.3, 0.4) is 0 Å². The first-order chi connectivity index (χ1) is 12.1. The highest BCUT2D eigenvalue weighted by atomic mass is 35.5. The van der Waals surface area contributed by atoms with Crippen LogP contribution in [0.1, 0.15) is 34.8 Å². The van der Waals surface area contributed by atoms with Gasteiger partial charge in [-0.15, -0.1) is 6.58 Å². The van der Waals surface area contributed by atoms with E-state index in [2.05, 4.69) is 17.6 Å². The van der Waals surface area contributed by atoms with Crippen LogP contribution in [0.25, 0.3) is 0 Å². The topological polar surface area (TPSA) is 53.2 Å². The fourth-order valence-corrected chi connectivity index (χ4v) is 3.33. The zero-order valence-electron chi connectivity index (χ0n) is 13.7. The molecule has 0 spiro atoms. The second-order valence-corrected chi connectivity index (χ2v) is 6.41. The lowest BCUT2D eigenvalue weighted by atomic mass is 9.94. The lowest BCUT2D eigenvalue weighted by Gasteiger charge is -2.39. The summed E-state index contributed by atoms with van der Waals surface area (Å²) >= 11 is 5.98. The molecule has 3 rings (SSSR count). The first kappa shape index (κ1) is 17.2. The molecular formula is C20H19ClN2O2. The number of pyridine rings is 1. The average molecular weight is 355 g/mol. The van der Waals surface area contributed by atoms with Gasteiger partial charge in [-0.25, -0.2) is 0 Å². The Hall–Kier alpha value is -2.59. The fourth-order valence-electron chi connectivity index (χ4n) is 3.17. The average Bonchev–Trinajstić information content (AvgIpc) is 2.64. The van der Waals surface area contributed by atoms with Crippen molar-refractivity contribution in [1.29, 1.82) is 0 Å². The molecule has 0 fully saturated rings. The van der Waals surface area contributed by atoms with E-state index in [1.54, 1.807) is 11.0 Å². The van der Waals surface area contributed by atoms with Gasteiger partial charge in [0.2, 0.25) is 0 Å². The maximum atomic E-state index is 13.2. The van der Waals surface area contributed by atoms with Crippen molar-refractivity contribution in [2.45, 2.75) is 24.9 Å². The third-order valence-electron chi connectivity index (χ3n) is 4.33. The first-order valence-corrected chi connectivity index (χ1v) is 8.53. The van der Waals surface area contributed by atoms with Crippen molar-refractivity contribution in [3.05, 3.63) is 93.9 Å². The van der Waals surface area contributed by atoms with Gasteiger partial charge < -0.3 is 9.88 Å². The Morgan fingerprint density at radius 2 is 2.12 bits per heavy atom. The molecule has 1 N–H and O–H groups in total. The van der Waals surface area contributed by atoms with Gasteiger partial charge in [0.25, 0.3) is 11.5 Å². The van der Waals surface area contributed by atoms with Crippen LogP contribution in [0.2, 0.25) is 5.02 Å². The van der Waals surface area contributed by atoms with Gasteiger partial charge in [0.05, 0.1) is 11.1 Å². The smallest absolute Gasteiger partial charge is 0.260 e. The maximum Gasteiger partial charge on any atom is 0.260 e. The Labute approximate surface area is 151 Å². The molecule has 25 heavy (non-hydrogen) atoms. The molecule has 1 aliphatic rings. The molecule has 1 amide bonds. The Balaban J connectivity index is 2.07. The van der Waals surface area contributed by atoms with Crippen LogP contribution in [0.5, 0.6) is 0 Å². The number of H-pyrrole nitrogens is 1. The molecule has 0 saturated carbocycles. The van der Waals surface area contributed by atoms with Gasteiger partial charge in [-0.3, -0.25) is 9.59 Å². The summed E-state index contributed by atoms with van der Waals surface area (Å²) < 4.78 is 0. The summed E-state index contributed by atoms with van der Waals surface area (Å²) in [6, 6.07) is 10.9. The Bertz CT molecular complexity index is 857. The Morgan fingerprint density at radius 1 is 1.36 bits per heavy atom. The van der Waals surface area contributed by atoms with Crippen LogP contribution in [0.15, 0.2) is 72.2 Å². The van der Waals surface area contributed by atoms with Crippen LogP contribution in [-0.2, 0) is 0 Å². The highest BCUT2D eigenvalue weighted by molar-refractivity contribution is 6.30. The van der Waals surface area contributed by atoms with Crippen molar-refractivity contribution in [2.75, 3.05) is 0 Å². The molecule has 1 aliphatic heterocycles. The molecule has 0 bridgehead atoms. The van der Waals surface area contributed by atoms with Crippen LogP contribution in [0.4, 0.5) is 0 Å². The zero-order valence-corrected chi connectivity index (χ0v) is 14.4. The van der Waals surface area contributed by atoms with E-state index in [0.717, 1.165) is 12.0 Å². The first-order valence-electron chi connectivity index (χ1n) is 8.15. The number of aromatic amines is 1. The summed E-state index contributed by atoms with van der Waals surface area (Å²) in [5, 5.41) is 0.326. The summed E-state index contributed by atoms with van der Waals surface area (Å²) in [5.41, 5.74) is 0.616. The number of nitrogens with zero attached hydrogens (tertiary/aromatic N) is 1. The Morgan fingerprint density at radius 3 is 2.84 bits per heavy atom. The van der Waals surface area contributed by atoms with E-state index in [9.17, 15) is 9.59 Å². The number of benzene rings is 1. The monoisotopic (exact) mass is 354 g/mol. The number of nitrogens with one attached hydrogen (secondary N) is 1. The van der Waals surface area contributed by atoms with Crippen LogP contribution in [0, 0.1) is 0 Å². The molecule has 1 aromatic carbocycles. The van der Waals surface area contributed by atoms with Gasteiger partial charge in [-0.1, -0.05) is 60.2 Å². The fraction of sp³-hybridized carbons (Fsp3) is 0.200. The molecule has 0 saturated heterocycles. The number of carbonyl (C=O) groups is 1. The van der Waals surface area contributed by atoms with Crippen molar-refractivity contribution >= 4 is 17.5 Å². The van der Waals surface area contributed by atoms with E-state index in [-0.39, 0.29) is 23.6 Å².